The Morgan fingerprint density at radius 1 is 1.75 bits per heavy atom. The van der Waals surface area contributed by atoms with Gasteiger partial charge in [-0.05, 0) is 6.42 Å². The number of hydrogen-bond donors (Lipinski definition) is 1. The molecule has 1 rings (SSSR count). The highest BCUT2D eigenvalue weighted by Crippen LogP contribution is 2.14. The van der Waals surface area contributed by atoms with Crippen molar-refractivity contribution in [2.24, 2.45) is 0 Å². The Kier molecular flexibility index (Phi) is 2.11. The van der Waals surface area contributed by atoms with E-state index < -0.39 is 6.29 Å². The summed E-state index contributed by atoms with van der Waals surface area (Å²) in [4.78, 5) is 0. The fraction of sp³-hybridized carbons (Fsp3) is 0.800. The molecule has 0 spiro atoms. The fourth-order valence-electron chi connectivity index (χ4n) is 0.603. The molecule has 0 aromatic carbocycles. The summed E-state index contributed by atoms with van der Waals surface area (Å²) in [6.45, 7) is 0.458. The first-order valence-corrected chi connectivity index (χ1v) is 3.00. The zero-order chi connectivity index (χ0) is 5.98. The predicted molar refractivity (Wildman–Crippen MR) is 30.5 cm³/mol. The van der Waals surface area contributed by atoms with Gasteiger partial charge in [-0.15, -0.1) is 11.6 Å². The van der Waals surface area contributed by atoms with Gasteiger partial charge >= 0.3 is 0 Å². The highest BCUT2D eigenvalue weighted by atomic mass is 35.5. The van der Waals surface area contributed by atoms with Gasteiger partial charge in [0.05, 0.1) is 12.0 Å². The third-order valence-corrected chi connectivity index (χ3v) is 1.35. The van der Waals surface area contributed by atoms with Crippen molar-refractivity contribution in [2.45, 2.75) is 18.1 Å². The van der Waals surface area contributed by atoms with Crippen molar-refractivity contribution in [1.82, 2.24) is 0 Å². The molecular weight excluding hydrogens is 128 g/mol. The number of alkyl halides is 1. The van der Waals surface area contributed by atoms with E-state index in [0.29, 0.717) is 6.61 Å². The van der Waals surface area contributed by atoms with E-state index in [2.05, 4.69) is 0 Å². The Morgan fingerprint density at radius 3 is 2.88 bits per heavy atom. The van der Waals surface area contributed by atoms with Gasteiger partial charge in [0.2, 0.25) is 0 Å². The summed E-state index contributed by atoms with van der Waals surface area (Å²) in [7, 11) is 0. The summed E-state index contributed by atoms with van der Waals surface area (Å²) < 4.78 is 4.76. The molecule has 0 saturated carbocycles. The first-order chi connectivity index (χ1) is 3.79. The Labute approximate surface area is 53.4 Å². The van der Waals surface area contributed by atoms with Crippen LogP contribution in [0.25, 0.3) is 0 Å². The minimum absolute atomic E-state index is 0.0541. The topological polar surface area (TPSA) is 29.5 Å². The van der Waals surface area contributed by atoms with Gasteiger partial charge in [-0.25, -0.2) is 0 Å². The molecule has 1 N–H and O–H groups in total. The molecule has 1 fully saturated rings. The number of halogens is 1. The van der Waals surface area contributed by atoms with Crippen LogP contribution in [0.15, 0.2) is 0 Å². The van der Waals surface area contributed by atoms with Gasteiger partial charge in [0.25, 0.3) is 0 Å². The van der Waals surface area contributed by atoms with Crippen LogP contribution in [0, 0.1) is 6.42 Å². The summed E-state index contributed by atoms with van der Waals surface area (Å²) in [6.07, 6.45) is 1.70. The second-order valence-corrected chi connectivity index (χ2v) is 2.41. The van der Waals surface area contributed by atoms with Gasteiger partial charge in [0, 0.05) is 6.42 Å². The monoisotopic (exact) mass is 135 g/mol. The van der Waals surface area contributed by atoms with Crippen molar-refractivity contribution < 1.29 is 9.84 Å². The lowest BCUT2D eigenvalue weighted by atomic mass is 10.2. The van der Waals surface area contributed by atoms with Gasteiger partial charge < -0.3 is 9.84 Å². The smallest absolute Gasteiger partial charge is 0.157 e. The van der Waals surface area contributed by atoms with Crippen LogP contribution in [0.2, 0.25) is 0 Å². The Balaban J connectivity index is 2.19. The summed E-state index contributed by atoms with van der Waals surface area (Å²) in [5, 5.41) is 8.74. The van der Waals surface area contributed by atoms with Crippen LogP contribution in [-0.2, 0) is 4.74 Å². The average molecular weight is 136 g/mol. The molecule has 2 unspecified atom stereocenters. The van der Waals surface area contributed by atoms with Gasteiger partial charge in [0.15, 0.2) is 6.29 Å². The molecular formula is C5H8ClO2. The van der Waals surface area contributed by atoms with Crippen LogP contribution in [0.3, 0.4) is 0 Å². The normalized spacial score (nSPS) is 39.8. The summed E-state index contributed by atoms with van der Waals surface area (Å²) in [5.41, 5.74) is 0. The van der Waals surface area contributed by atoms with Crippen molar-refractivity contribution in [1.29, 1.82) is 0 Å². The maximum Gasteiger partial charge on any atom is 0.157 e. The molecule has 1 heterocycles. The maximum absolute atomic E-state index is 8.69. The van der Waals surface area contributed by atoms with E-state index in [-0.39, 0.29) is 5.38 Å². The van der Waals surface area contributed by atoms with Crippen LogP contribution >= 0.6 is 11.6 Å². The molecule has 1 aliphatic heterocycles. The second kappa shape index (κ2) is 2.67. The molecule has 1 saturated heterocycles. The van der Waals surface area contributed by atoms with Crippen LogP contribution < -0.4 is 0 Å². The third kappa shape index (κ3) is 1.62. The quantitative estimate of drug-likeness (QED) is 0.492. The molecule has 3 heteroatoms. The minimum Gasteiger partial charge on any atom is -0.368 e. The number of rotatable bonds is 0. The van der Waals surface area contributed by atoms with Crippen molar-refractivity contribution in [3.05, 3.63) is 6.42 Å². The highest BCUT2D eigenvalue weighted by molar-refractivity contribution is 6.20. The lowest BCUT2D eigenvalue weighted by Gasteiger charge is -2.20. The van der Waals surface area contributed by atoms with E-state index in [0.717, 1.165) is 6.42 Å². The number of ether oxygens (including phenoxy) is 1. The Bertz CT molecular complexity index is 58.8. The van der Waals surface area contributed by atoms with E-state index in [1.165, 1.54) is 0 Å². The SMILES string of the molecule is OC1[CH]CC(Cl)CO1. The van der Waals surface area contributed by atoms with Gasteiger partial charge in [-0.2, -0.15) is 0 Å². The van der Waals surface area contributed by atoms with E-state index in [1.807, 2.05) is 0 Å². The molecule has 0 aliphatic carbocycles. The summed E-state index contributed by atoms with van der Waals surface area (Å²) in [5.74, 6) is 0. The first-order valence-electron chi connectivity index (χ1n) is 2.56. The second-order valence-electron chi connectivity index (χ2n) is 1.79. The first kappa shape index (κ1) is 6.33. The summed E-state index contributed by atoms with van der Waals surface area (Å²) >= 11 is 5.61. The molecule has 0 amide bonds. The van der Waals surface area contributed by atoms with Crippen molar-refractivity contribution in [2.75, 3.05) is 6.61 Å². The van der Waals surface area contributed by atoms with Gasteiger partial charge in [-0.1, -0.05) is 0 Å². The molecule has 0 bridgehead atoms. The lowest BCUT2D eigenvalue weighted by Crippen LogP contribution is -2.26. The van der Waals surface area contributed by atoms with E-state index >= 15 is 0 Å². The van der Waals surface area contributed by atoms with Crippen LogP contribution in [0.5, 0.6) is 0 Å². The van der Waals surface area contributed by atoms with Crippen molar-refractivity contribution in [3.63, 3.8) is 0 Å². The van der Waals surface area contributed by atoms with Gasteiger partial charge in [0.1, 0.15) is 0 Å². The number of aliphatic hydroxyl groups is 1. The Morgan fingerprint density at radius 2 is 2.50 bits per heavy atom. The molecule has 0 aromatic heterocycles. The van der Waals surface area contributed by atoms with Crippen LogP contribution in [-0.4, -0.2) is 23.4 Å². The van der Waals surface area contributed by atoms with E-state index in [9.17, 15) is 0 Å². The average Bonchev–Trinajstić information content (AvgIpc) is 1.77. The zero-order valence-corrected chi connectivity index (χ0v) is 5.14. The molecule has 47 valence electrons. The molecule has 2 nitrogen and oxygen atoms in total. The standard InChI is InChI=1S/C5H8ClO2/c6-4-1-2-5(7)8-3-4/h2,4-5,7H,1,3H2. The third-order valence-electron chi connectivity index (χ3n) is 1.04. The van der Waals surface area contributed by atoms with Crippen LogP contribution in [0.1, 0.15) is 6.42 Å². The van der Waals surface area contributed by atoms with Gasteiger partial charge in [-0.3, -0.25) is 0 Å². The largest absolute Gasteiger partial charge is 0.368 e. The van der Waals surface area contributed by atoms with E-state index in [1.54, 1.807) is 6.42 Å². The number of hydrogen-bond acceptors (Lipinski definition) is 2. The van der Waals surface area contributed by atoms with E-state index in [4.69, 9.17) is 21.4 Å². The fourth-order valence-corrected chi connectivity index (χ4v) is 0.779. The van der Waals surface area contributed by atoms with Crippen molar-refractivity contribution in [3.8, 4) is 0 Å². The zero-order valence-electron chi connectivity index (χ0n) is 4.38. The molecule has 0 aromatic rings. The molecule has 2 atom stereocenters. The lowest BCUT2D eigenvalue weighted by molar-refractivity contribution is -0.0909. The number of aliphatic hydroxyl groups excluding tert-OH is 1. The minimum atomic E-state index is -0.690. The summed E-state index contributed by atoms with van der Waals surface area (Å²) in [6, 6.07) is 0. The molecule has 1 radical (unpaired) electrons. The molecule has 1 aliphatic rings. The maximum atomic E-state index is 8.69. The Hall–Kier alpha value is 0.210. The molecule has 8 heavy (non-hydrogen) atoms. The highest BCUT2D eigenvalue weighted by Gasteiger charge is 2.16. The van der Waals surface area contributed by atoms with Crippen molar-refractivity contribution >= 4 is 11.6 Å². The predicted octanol–water partition coefficient (Wildman–Crippen LogP) is 0.537. The van der Waals surface area contributed by atoms with Crippen LogP contribution in [0.4, 0.5) is 0 Å².